The molecule has 5 rings (SSSR count). The molecule has 0 bridgehead atoms. The van der Waals surface area contributed by atoms with Crippen LogP contribution in [0.5, 0.6) is 17.2 Å². The maximum atomic E-state index is 12.4. The molecule has 1 aliphatic heterocycles. The van der Waals surface area contributed by atoms with Crippen molar-refractivity contribution in [2.24, 2.45) is 0 Å². The normalized spacial score (nSPS) is 16.1. The lowest BCUT2D eigenvalue weighted by Crippen LogP contribution is -2.38. The molecule has 1 unspecified atom stereocenters. The molecule has 1 fully saturated rings. The summed E-state index contributed by atoms with van der Waals surface area (Å²) in [5.74, 6) is 1.42. The van der Waals surface area contributed by atoms with Crippen LogP contribution in [-0.4, -0.2) is 44.8 Å². The average molecular weight is 504 g/mol. The Morgan fingerprint density at radius 3 is 2.43 bits per heavy atom. The Kier molecular flexibility index (Phi) is 7.78. The second kappa shape index (κ2) is 11.5. The van der Waals surface area contributed by atoms with E-state index in [1.165, 1.54) is 26.4 Å². The molecule has 2 aliphatic rings. The average Bonchev–Trinajstić information content (AvgIpc) is 2.94. The van der Waals surface area contributed by atoms with E-state index < -0.39 is 0 Å². The molecule has 1 amide bonds. The second-order valence-corrected chi connectivity index (χ2v) is 9.70. The number of methoxy groups -OCH3 is 1. The van der Waals surface area contributed by atoms with Gasteiger partial charge in [-0.05, 0) is 59.0 Å². The number of carbonyl (C=O) groups is 2. The van der Waals surface area contributed by atoms with Crippen LogP contribution in [0.2, 0.25) is 0 Å². The van der Waals surface area contributed by atoms with E-state index in [4.69, 9.17) is 18.9 Å². The highest BCUT2D eigenvalue weighted by atomic mass is 16.6. The van der Waals surface area contributed by atoms with Gasteiger partial charge in [0.2, 0.25) is 0 Å². The number of esters is 1. The number of nitrogens with one attached hydrogen (secondary N) is 1. The topological polar surface area (TPSA) is 83.1 Å². The van der Waals surface area contributed by atoms with Crippen LogP contribution < -0.4 is 19.5 Å². The SMILES string of the molecule is COC(=O)CC(c1ccc2c(c1)OCCO2)c1ccc2ccc(OCC(=O)NC3CCCCC3)cc2c1. The molecule has 37 heavy (non-hydrogen) atoms. The number of fused-ring (bicyclic) bond motifs is 2. The molecule has 1 N–H and O–H groups in total. The molecule has 3 aromatic carbocycles. The summed E-state index contributed by atoms with van der Waals surface area (Å²) >= 11 is 0. The Morgan fingerprint density at radius 2 is 1.62 bits per heavy atom. The lowest BCUT2D eigenvalue weighted by Gasteiger charge is -2.23. The molecule has 1 saturated carbocycles. The number of carbonyl (C=O) groups excluding carboxylic acids is 2. The number of ether oxygens (including phenoxy) is 4. The third-order valence-electron chi connectivity index (χ3n) is 7.15. The highest BCUT2D eigenvalue weighted by Gasteiger charge is 2.22. The van der Waals surface area contributed by atoms with Gasteiger partial charge in [-0.2, -0.15) is 0 Å². The summed E-state index contributed by atoms with van der Waals surface area (Å²) in [5, 5.41) is 5.10. The monoisotopic (exact) mass is 503 g/mol. The first-order valence-electron chi connectivity index (χ1n) is 13.0. The van der Waals surface area contributed by atoms with Crippen LogP contribution in [0.25, 0.3) is 10.8 Å². The fourth-order valence-electron chi connectivity index (χ4n) is 5.17. The van der Waals surface area contributed by atoms with Gasteiger partial charge in [-0.25, -0.2) is 0 Å². The third kappa shape index (κ3) is 6.16. The summed E-state index contributed by atoms with van der Waals surface area (Å²) in [5.41, 5.74) is 1.92. The van der Waals surface area contributed by atoms with Crippen molar-refractivity contribution >= 4 is 22.6 Å². The van der Waals surface area contributed by atoms with Crippen LogP contribution in [-0.2, 0) is 14.3 Å². The number of rotatable bonds is 8. The Balaban J connectivity index is 1.35. The molecule has 1 aliphatic carbocycles. The predicted octanol–water partition coefficient (Wildman–Crippen LogP) is 5.13. The Morgan fingerprint density at radius 1 is 0.892 bits per heavy atom. The standard InChI is InChI=1S/C30H33NO6/c1-34-30(33)18-26(22-10-12-27-28(17-22)36-14-13-35-27)21-8-7-20-9-11-25(16-23(20)15-21)37-19-29(32)31-24-5-3-2-4-6-24/h7-12,15-17,24,26H,2-6,13-14,18-19H2,1H3,(H,31,32). The minimum atomic E-state index is -0.291. The second-order valence-electron chi connectivity index (χ2n) is 9.70. The molecular formula is C30H33NO6. The maximum Gasteiger partial charge on any atom is 0.306 e. The van der Waals surface area contributed by atoms with E-state index in [-0.39, 0.29) is 36.9 Å². The molecule has 1 heterocycles. The van der Waals surface area contributed by atoms with E-state index in [2.05, 4.69) is 11.4 Å². The third-order valence-corrected chi connectivity index (χ3v) is 7.15. The zero-order valence-corrected chi connectivity index (χ0v) is 21.2. The van der Waals surface area contributed by atoms with Gasteiger partial charge in [-0.1, -0.05) is 49.6 Å². The van der Waals surface area contributed by atoms with Gasteiger partial charge in [0.25, 0.3) is 5.91 Å². The minimum Gasteiger partial charge on any atom is -0.486 e. The van der Waals surface area contributed by atoms with Gasteiger partial charge in [0.1, 0.15) is 19.0 Å². The summed E-state index contributed by atoms with van der Waals surface area (Å²) < 4.78 is 22.3. The highest BCUT2D eigenvalue weighted by Crippen LogP contribution is 2.37. The molecule has 194 valence electrons. The Bertz CT molecular complexity index is 1270. The summed E-state index contributed by atoms with van der Waals surface area (Å²) in [6, 6.07) is 18.0. The van der Waals surface area contributed by atoms with E-state index in [1.54, 1.807) is 0 Å². The molecular weight excluding hydrogens is 470 g/mol. The van der Waals surface area contributed by atoms with Crippen molar-refractivity contribution in [2.45, 2.75) is 50.5 Å². The predicted molar refractivity (Wildman–Crippen MR) is 140 cm³/mol. The molecule has 7 heteroatoms. The Labute approximate surface area is 217 Å². The van der Waals surface area contributed by atoms with Gasteiger partial charge in [0, 0.05) is 12.0 Å². The fourth-order valence-corrected chi connectivity index (χ4v) is 5.17. The smallest absolute Gasteiger partial charge is 0.306 e. The van der Waals surface area contributed by atoms with Crippen molar-refractivity contribution in [1.29, 1.82) is 0 Å². The van der Waals surface area contributed by atoms with Crippen molar-refractivity contribution in [3.8, 4) is 17.2 Å². The Hall–Kier alpha value is -3.74. The first-order valence-corrected chi connectivity index (χ1v) is 13.0. The number of hydrogen-bond donors (Lipinski definition) is 1. The zero-order valence-electron chi connectivity index (χ0n) is 21.2. The lowest BCUT2D eigenvalue weighted by atomic mass is 9.87. The van der Waals surface area contributed by atoms with Crippen LogP contribution >= 0.6 is 0 Å². The van der Waals surface area contributed by atoms with E-state index >= 15 is 0 Å². The molecule has 0 saturated heterocycles. The van der Waals surface area contributed by atoms with Gasteiger partial charge in [-0.3, -0.25) is 9.59 Å². The quantitative estimate of drug-likeness (QED) is 0.429. The van der Waals surface area contributed by atoms with Crippen LogP contribution in [0.4, 0.5) is 0 Å². The van der Waals surface area contributed by atoms with Crippen LogP contribution in [0.1, 0.15) is 55.6 Å². The van der Waals surface area contributed by atoms with Crippen LogP contribution in [0, 0.1) is 0 Å². The summed E-state index contributed by atoms with van der Waals surface area (Å²) in [4.78, 5) is 24.7. The van der Waals surface area contributed by atoms with E-state index in [0.29, 0.717) is 30.5 Å². The van der Waals surface area contributed by atoms with Gasteiger partial charge in [0.05, 0.1) is 13.5 Å². The van der Waals surface area contributed by atoms with Gasteiger partial charge in [-0.15, -0.1) is 0 Å². The number of amides is 1. The lowest BCUT2D eigenvalue weighted by molar-refractivity contribution is -0.140. The van der Waals surface area contributed by atoms with E-state index in [0.717, 1.165) is 34.7 Å². The largest absolute Gasteiger partial charge is 0.486 e. The van der Waals surface area contributed by atoms with Crippen molar-refractivity contribution in [1.82, 2.24) is 5.32 Å². The molecule has 0 aromatic heterocycles. The number of hydrogen-bond acceptors (Lipinski definition) is 6. The van der Waals surface area contributed by atoms with Crippen molar-refractivity contribution in [3.05, 3.63) is 65.7 Å². The van der Waals surface area contributed by atoms with Crippen molar-refractivity contribution < 1.29 is 28.5 Å². The molecule has 0 radical (unpaired) electrons. The summed E-state index contributed by atoms with van der Waals surface area (Å²) in [6.07, 6.45) is 5.86. The highest BCUT2D eigenvalue weighted by molar-refractivity contribution is 5.85. The van der Waals surface area contributed by atoms with Crippen molar-refractivity contribution in [2.75, 3.05) is 26.9 Å². The first-order chi connectivity index (χ1) is 18.1. The van der Waals surface area contributed by atoms with Crippen molar-refractivity contribution in [3.63, 3.8) is 0 Å². The van der Waals surface area contributed by atoms with E-state index in [9.17, 15) is 9.59 Å². The first kappa shape index (κ1) is 24.9. The molecule has 1 atom stereocenters. The van der Waals surface area contributed by atoms with Gasteiger partial charge >= 0.3 is 5.97 Å². The van der Waals surface area contributed by atoms with Crippen LogP contribution in [0.15, 0.2) is 54.6 Å². The molecule has 3 aromatic rings. The zero-order chi connectivity index (χ0) is 25.6. The summed E-state index contributed by atoms with van der Waals surface area (Å²) in [6.45, 7) is 1.01. The molecule has 7 nitrogen and oxygen atoms in total. The molecule has 0 spiro atoms. The fraction of sp³-hybridized carbons (Fsp3) is 0.400. The van der Waals surface area contributed by atoms with Crippen LogP contribution in [0.3, 0.4) is 0 Å². The van der Waals surface area contributed by atoms with Gasteiger partial charge < -0.3 is 24.3 Å². The maximum absolute atomic E-state index is 12.4. The summed E-state index contributed by atoms with van der Waals surface area (Å²) in [7, 11) is 1.40. The van der Waals surface area contributed by atoms with Gasteiger partial charge in [0.15, 0.2) is 18.1 Å². The minimum absolute atomic E-state index is 0.0101. The van der Waals surface area contributed by atoms with E-state index in [1.807, 2.05) is 48.5 Å². The number of benzene rings is 3.